The van der Waals surface area contributed by atoms with Crippen molar-refractivity contribution < 1.29 is 0 Å². The summed E-state index contributed by atoms with van der Waals surface area (Å²) in [5.74, 6) is 2.06. The Kier molecular flexibility index (Phi) is 3.80. The molecule has 0 aromatic carbocycles. The van der Waals surface area contributed by atoms with Gasteiger partial charge in [0.2, 0.25) is 0 Å². The van der Waals surface area contributed by atoms with E-state index >= 15 is 0 Å². The van der Waals surface area contributed by atoms with Crippen molar-refractivity contribution in [2.75, 3.05) is 24.5 Å². The van der Waals surface area contributed by atoms with Crippen LogP contribution in [-0.4, -0.2) is 35.6 Å². The van der Waals surface area contributed by atoms with Crippen molar-refractivity contribution in [3.63, 3.8) is 0 Å². The quantitative estimate of drug-likeness (QED) is 0.805. The van der Waals surface area contributed by atoms with Crippen LogP contribution in [0, 0.1) is 5.92 Å². The molecule has 2 unspecified atom stereocenters. The highest BCUT2D eigenvalue weighted by molar-refractivity contribution is 5.49. The monoisotopic (exact) mass is 286 g/mol. The van der Waals surface area contributed by atoms with Crippen molar-refractivity contribution in [2.45, 2.75) is 57.4 Å². The Balaban J connectivity index is 1.59. The molecule has 4 nitrogen and oxygen atoms in total. The third kappa shape index (κ3) is 2.66. The molecule has 1 aromatic rings. The summed E-state index contributed by atoms with van der Waals surface area (Å²) in [6.07, 6.45) is 12.0. The zero-order chi connectivity index (χ0) is 14.1. The molecule has 114 valence electrons. The van der Waals surface area contributed by atoms with Crippen LogP contribution in [-0.2, 0) is 12.8 Å². The van der Waals surface area contributed by atoms with E-state index in [1.165, 1.54) is 75.1 Å². The molecular weight excluding hydrogens is 260 g/mol. The minimum Gasteiger partial charge on any atom is -0.356 e. The fourth-order valence-corrected chi connectivity index (χ4v) is 4.39. The van der Waals surface area contributed by atoms with E-state index in [1.807, 2.05) is 0 Å². The van der Waals surface area contributed by atoms with Crippen LogP contribution in [0.5, 0.6) is 0 Å². The lowest BCUT2D eigenvalue weighted by molar-refractivity contribution is 0.243. The van der Waals surface area contributed by atoms with Crippen LogP contribution in [0.1, 0.15) is 49.8 Å². The molecule has 1 aliphatic carbocycles. The van der Waals surface area contributed by atoms with E-state index in [4.69, 9.17) is 0 Å². The van der Waals surface area contributed by atoms with E-state index in [9.17, 15) is 0 Å². The van der Waals surface area contributed by atoms with Crippen LogP contribution in [0.15, 0.2) is 6.33 Å². The van der Waals surface area contributed by atoms with Gasteiger partial charge in [0.15, 0.2) is 0 Å². The predicted octanol–water partition coefficient (Wildman–Crippen LogP) is 2.32. The number of hydrogen-bond donors (Lipinski definition) is 1. The first-order valence-corrected chi connectivity index (χ1v) is 8.73. The summed E-state index contributed by atoms with van der Waals surface area (Å²) in [5.41, 5.74) is 2.78. The van der Waals surface area contributed by atoms with Gasteiger partial charge in [-0.1, -0.05) is 6.42 Å². The van der Waals surface area contributed by atoms with E-state index < -0.39 is 0 Å². The van der Waals surface area contributed by atoms with Crippen molar-refractivity contribution in [3.05, 3.63) is 17.6 Å². The first kappa shape index (κ1) is 13.5. The summed E-state index contributed by atoms with van der Waals surface area (Å²) in [6.45, 7) is 3.54. The second-order valence-electron chi connectivity index (χ2n) is 6.88. The van der Waals surface area contributed by atoms with Gasteiger partial charge in [-0.15, -0.1) is 0 Å². The van der Waals surface area contributed by atoms with Crippen LogP contribution < -0.4 is 10.2 Å². The third-order valence-corrected chi connectivity index (χ3v) is 5.54. The van der Waals surface area contributed by atoms with E-state index in [0.29, 0.717) is 0 Å². The van der Waals surface area contributed by atoms with E-state index in [-0.39, 0.29) is 0 Å². The number of nitrogens with one attached hydrogen (secondary N) is 1. The molecule has 1 N–H and O–H groups in total. The summed E-state index contributed by atoms with van der Waals surface area (Å²) in [5, 5.41) is 3.71. The zero-order valence-corrected chi connectivity index (χ0v) is 12.9. The van der Waals surface area contributed by atoms with Crippen LogP contribution in [0.2, 0.25) is 0 Å². The van der Waals surface area contributed by atoms with Gasteiger partial charge in [-0.05, 0) is 57.4 Å². The number of aromatic nitrogens is 2. The Morgan fingerprint density at radius 2 is 2.00 bits per heavy atom. The molecule has 4 rings (SSSR count). The number of hydrogen-bond acceptors (Lipinski definition) is 4. The normalized spacial score (nSPS) is 29.4. The maximum Gasteiger partial charge on any atom is 0.135 e. The van der Waals surface area contributed by atoms with Crippen LogP contribution in [0.25, 0.3) is 0 Å². The van der Waals surface area contributed by atoms with Crippen LogP contribution in [0.3, 0.4) is 0 Å². The van der Waals surface area contributed by atoms with Gasteiger partial charge >= 0.3 is 0 Å². The van der Waals surface area contributed by atoms with Crippen molar-refractivity contribution in [1.29, 1.82) is 0 Å². The molecule has 21 heavy (non-hydrogen) atoms. The minimum atomic E-state index is 0.746. The average Bonchev–Trinajstić information content (AvgIpc) is 2.79. The van der Waals surface area contributed by atoms with Crippen molar-refractivity contribution >= 4 is 5.82 Å². The van der Waals surface area contributed by atoms with Gasteiger partial charge in [0, 0.05) is 30.4 Å². The number of aryl methyl sites for hydroxylation is 1. The van der Waals surface area contributed by atoms with Crippen molar-refractivity contribution in [1.82, 2.24) is 15.3 Å². The first-order chi connectivity index (χ1) is 10.4. The molecule has 0 bridgehead atoms. The molecule has 0 spiro atoms. The summed E-state index contributed by atoms with van der Waals surface area (Å²) in [7, 11) is 0. The lowest BCUT2D eigenvalue weighted by Crippen LogP contribution is -2.52. The van der Waals surface area contributed by atoms with Gasteiger partial charge in [0.1, 0.15) is 12.1 Å². The molecule has 2 aliphatic heterocycles. The lowest BCUT2D eigenvalue weighted by Gasteiger charge is -2.42. The van der Waals surface area contributed by atoms with Crippen molar-refractivity contribution in [2.24, 2.45) is 5.92 Å². The molecule has 2 atom stereocenters. The molecule has 2 saturated heterocycles. The van der Waals surface area contributed by atoms with E-state index in [2.05, 4.69) is 20.2 Å². The van der Waals surface area contributed by atoms with E-state index in [0.717, 1.165) is 24.9 Å². The van der Waals surface area contributed by atoms with Gasteiger partial charge in [-0.2, -0.15) is 0 Å². The molecule has 0 saturated carbocycles. The maximum atomic E-state index is 4.69. The largest absolute Gasteiger partial charge is 0.356 e. The van der Waals surface area contributed by atoms with Gasteiger partial charge in [-0.3, -0.25) is 0 Å². The van der Waals surface area contributed by atoms with E-state index in [1.54, 1.807) is 6.33 Å². The first-order valence-electron chi connectivity index (χ1n) is 8.73. The molecule has 2 fully saturated rings. The highest BCUT2D eigenvalue weighted by Crippen LogP contribution is 2.31. The summed E-state index contributed by atoms with van der Waals surface area (Å²) < 4.78 is 0. The maximum absolute atomic E-state index is 4.69. The highest BCUT2D eigenvalue weighted by atomic mass is 15.2. The third-order valence-electron chi connectivity index (χ3n) is 5.54. The molecule has 3 heterocycles. The Labute approximate surface area is 127 Å². The Morgan fingerprint density at radius 3 is 3.00 bits per heavy atom. The predicted molar refractivity (Wildman–Crippen MR) is 84.6 cm³/mol. The van der Waals surface area contributed by atoms with Crippen LogP contribution >= 0.6 is 0 Å². The highest BCUT2D eigenvalue weighted by Gasteiger charge is 2.32. The number of anilines is 1. The summed E-state index contributed by atoms with van der Waals surface area (Å²) in [4.78, 5) is 11.8. The minimum absolute atomic E-state index is 0.746. The number of rotatable bonds is 1. The van der Waals surface area contributed by atoms with Gasteiger partial charge in [-0.25, -0.2) is 9.97 Å². The summed E-state index contributed by atoms with van der Waals surface area (Å²) in [6, 6.07) is 0.746. The fraction of sp³-hybridized carbons (Fsp3) is 0.765. The number of fused-ring (bicyclic) bond motifs is 2. The Morgan fingerprint density at radius 1 is 1.05 bits per heavy atom. The smallest absolute Gasteiger partial charge is 0.135 e. The molecule has 0 amide bonds. The van der Waals surface area contributed by atoms with Crippen LogP contribution in [0.4, 0.5) is 5.82 Å². The SMILES string of the molecule is c1nc2c(c(N3CCC4NCCCC4C3)n1)CCCCC2. The second-order valence-corrected chi connectivity index (χ2v) is 6.88. The Bertz CT molecular complexity index is 502. The average molecular weight is 286 g/mol. The standard InChI is InChI=1S/C17H26N4/c1-2-6-14-16(7-3-1)19-12-20-17(14)21-10-8-15-13(11-21)5-4-9-18-15/h12-13,15,18H,1-11H2. The number of piperidine rings is 2. The lowest BCUT2D eigenvalue weighted by atomic mass is 9.85. The second kappa shape index (κ2) is 5.91. The molecule has 1 aromatic heterocycles. The molecule has 4 heteroatoms. The van der Waals surface area contributed by atoms with Crippen molar-refractivity contribution in [3.8, 4) is 0 Å². The fourth-order valence-electron chi connectivity index (χ4n) is 4.39. The molecular formula is C17H26N4. The zero-order valence-electron chi connectivity index (χ0n) is 12.9. The molecule has 3 aliphatic rings. The molecule has 0 radical (unpaired) electrons. The number of nitrogens with zero attached hydrogens (tertiary/aromatic N) is 3. The topological polar surface area (TPSA) is 41.1 Å². The Hall–Kier alpha value is -1.16. The summed E-state index contributed by atoms with van der Waals surface area (Å²) >= 11 is 0. The van der Waals surface area contributed by atoms with Gasteiger partial charge < -0.3 is 10.2 Å². The van der Waals surface area contributed by atoms with Gasteiger partial charge in [0.25, 0.3) is 0 Å². The van der Waals surface area contributed by atoms with Gasteiger partial charge in [0.05, 0.1) is 0 Å².